The highest BCUT2D eigenvalue weighted by molar-refractivity contribution is 6.15. The Balaban J connectivity index is 1.32. The third-order valence-corrected chi connectivity index (χ3v) is 10.7. The highest BCUT2D eigenvalue weighted by Gasteiger charge is 2.17. The van der Waals surface area contributed by atoms with Gasteiger partial charge in [-0.2, -0.15) is 0 Å². The first-order valence-electron chi connectivity index (χ1n) is 19.3. The van der Waals surface area contributed by atoms with Gasteiger partial charge in [0, 0.05) is 34.9 Å². The maximum atomic E-state index is 4.22. The standard InChI is InChI=1S/C52H50N2/c1-6-11-13-14-17-35-53(43(9-4)22-12-7-2)44-32-29-39(30-33-44)47-34-31-40-27-28-41(48-23-19-24-49(47)52(40)48)36-45-37-42-20-15-16-25-50(42)54(45)51-26-18-21-38(8-3)46(51)10-5/h6-7,10-13,15-16,18-34,36-37,43H,1-2,5,8-9,14,17,35H2,3-4H3/b13-11-,22-12-,41-36-. The Kier molecular flexibility index (Phi) is 11.2. The second-order valence-electron chi connectivity index (χ2n) is 13.9. The van der Waals surface area contributed by atoms with E-state index in [2.05, 4.69) is 183 Å². The van der Waals surface area contributed by atoms with Crippen LogP contribution >= 0.6 is 0 Å². The largest absolute Gasteiger partial charge is 0.365 e. The van der Waals surface area contributed by atoms with Gasteiger partial charge in [0.2, 0.25) is 0 Å². The summed E-state index contributed by atoms with van der Waals surface area (Å²) in [6.07, 6.45) is 20.7. The van der Waals surface area contributed by atoms with E-state index in [4.69, 9.17) is 0 Å². The molecule has 0 radical (unpaired) electrons. The Morgan fingerprint density at radius 1 is 0.741 bits per heavy atom. The van der Waals surface area contributed by atoms with Crippen molar-refractivity contribution in [2.45, 2.75) is 45.6 Å². The topological polar surface area (TPSA) is 8.17 Å². The number of unbranched alkanes of at least 4 members (excludes halogenated alkanes) is 1. The van der Waals surface area contributed by atoms with Crippen molar-refractivity contribution in [2.24, 2.45) is 0 Å². The molecule has 0 spiro atoms. The van der Waals surface area contributed by atoms with Crippen LogP contribution in [-0.2, 0) is 6.42 Å². The van der Waals surface area contributed by atoms with Gasteiger partial charge in [0.05, 0.1) is 11.2 Å². The van der Waals surface area contributed by atoms with Gasteiger partial charge in [-0.25, -0.2) is 0 Å². The first-order valence-corrected chi connectivity index (χ1v) is 19.3. The number of rotatable bonds is 15. The van der Waals surface area contributed by atoms with Crippen molar-refractivity contribution in [1.29, 1.82) is 0 Å². The molecule has 0 bridgehead atoms. The van der Waals surface area contributed by atoms with Crippen LogP contribution in [0.15, 0.2) is 171 Å². The molecule has 0 aliphatic heterocycles. The van der Waals surface area contributed by atoms with Gasteiger partial charge in [0.1, 0.15) is 0 Å². The van der Waals surface area contributed by atoms with Crippen LogP contribution in [0, 0.1) is 0 Å². The molecule has 1 atom stereocenters. The molecule has 1 heterocycles. The summed E-state index contributed by atoms with van der Waals surface area (Å²) in [6.45, 7) is 17.4. The number of benzene rings is 6. The summed E-state index contributed by atoms with van der Waals surface area (Å²) in [6, 6.07) is 42.9. The van der Waals surface area contributed by atoms with Crippen molar-refractivity contribution in [3.05, 3.63) is 193 Å². The fourth-order valence-electron chi connectivity index (χ4n) is 8.07. The Labute approximate surface area is 321 Å². The van der Waals surface area contributed by atoms with E-state index in [1.54, 1.807) is 0 Å². The van der Waals surface area contributed by atoms with E-state index in [-0.39, 0.29) is 0 Å². The lowest BCUT2D eigenvalue weighted by molar-refractivity contribution is 0.643. The average Bonchev–Trinajstić information content (AvgIpc) is 3.58. The van der Waals surface area contributed by atoms with Crippen molar-refractivity contribution < 1.29 is 0 Å². The molecule has 268 valence electrons. The molecule has 0 N–H and O–H groups in total. The molecular formula is C52H50N2. The fourth-order valence-corrected chi connectivity index (χ4v) is 8.07. The Morgan fingerprint density at radius 2 is 1.52 bits per heavy atom. The SMILES string of the molecule is C=C/C=C\CCCN(c1ccc(-c2ccc3cc/c(=C/c4cc5ccccc5n4-c4cccc(CC)c4C=C)c4cccc2c34)cc1)C(/C=C\C=C)CC. The van der Waals surface area contributed by atoms with Gasteiger partial charge in [-0.05, 0) is 106 Å². The number of para-hydroxylation sites is 1. The number of fused-ring (bicyclic) bond motifs is 1. The Morgan fingerprint density at radius 3 is 2.30 bits per heavy atom. The second-order valence-corrected chi connectivity index (χ2v) is 13.9. The molecular weight excluding hydrogens is 653 g/mol. The van der Waals surface area contributed by atoms with E-state index in [0.717, 1.165) is 43.6 Å². The van der Waals surface area contributed by atoms with Crippen LogP contribution in [0.4, 0.5) is 5.69 Å². The first kappa shape index (κ1) is 36.2. The lowest BCUT2D eigenvalue weighted by atomic mass is 9.92. The number of allylic oxidation sites excluding steroid dienone is 5. The molecule has 7 aromatic rings. The zero-order chi connectivity index (χ0) is 37.4. The maximum Gasteiger partial charge on any atom is 0.0536 e. The van der Waals surface area contributed by atoms with E-state index < -0.39 is 0 Å². The van der Waals surface area contributed by atoms with Gasteiger partial charge in [-0.3, -0.25) is 0 Å². The summed E-state index contributed by atoms with van der Waals surface area (Å²) in [7, 11) is 0. The lowest BCUT2D eigenvalue weighted by Crippen LogP contribution is -2.34. The van der Waals surface area contributed by atoms with Gasteiger partial charge in [-0.1, -0.05) is 161 Å². The van der Waals surface area contributed by atoms with Crippen molar-refractivity contribution in [3.8, 4) is 16.8 Å². The number of aryl methyl sites for hydroxylation is 1. The molecule has 7 rings (SSSR count). The van der Waals surface area contributed by atoms with E-state index in [1.807, 2.05) is 24.3 Å². The summed E-state index contributed by atoms with van der Waals surface area (Å²) in [5.74, 6) is 0. The smallest absolute Gasteiger partial charge is 0.0536 e. The predicted molar refractivity (Wildman–Crippen MR) is 238 cm³/mol. The highest BCUT2D eigenvalue weighted by Crippen LogP contribution is 2.36. The lowest BCUT2D eigenvalue weighted by Gasteiger charge is -2.31. The molecule has 0 saturated heterocycles. The van der Waals surface area contributed by atoms with Crippen molar-refractivity contribution in [1.82, 2.24) is 4.57 Å². The number of aromatic nitrogens is 1. The minimum Gasteiger partial charge on any atom is -0.365 e. The van der Waals surface area contributed by atoms with Gasteiger partial charge >= 0.3 is 0 Å². The van der Waals surface area contributed by atoms with Gasteiger partial charge in [-0.15, -0.1) is 0 Å². The minimum atomic E-state index is 0.299. The number of hydrogen-bond acceptors (Lipinski definition) is 1. The molecule has 54 heavy (non-hydrogen) atoms. The Bertz CT molecular complexity index is 2560. The second kappa shape index (κ2) is 16.7. The van der Waals surface area contributed by atoms with Crippen molar-refractivity contribution in [3.63, 3.8) is 0 Å². The number of hydrogen-bond donors (Lipinski definition) is 0. The zero-order valence-corrected chi connectivity index (χ0v) is 31.7. The Hall–Kier alpha value is -6.12. The van der Waals surface area contributed by atoms with Gasteiger partial charge in [0.25, 0.3) is 0 Å². The third kappa shape index (κ3) is 7.13. The summed E-state index contributed by atoms with van der Waals surface area (Å²) < 4.78 is 2.40. The normalized spacial score (nSPS) is 12.7. The van der Waals surface area contributed by atoms with Crippen LogP contribution in [0.5, 0.6) is 0 Å². The van der Waals surface area contributed by atoms with E-state index in [1.165, 1.54) is 65.6 Å². The maximum absolute atomic E-state index is 4.22. The minimum absolute atomic E-state index is 0.299. The van der Waals surface area contributed by atoms with Gasteiger partial charge < -0.3 is 9.47 Å². The molecule has 1 aromatic heterocycles. The average molecular weight is 703 g/mol. The summed E-state index contributed by atoms with van der Waals surface area (Å²) in [4.78, 5) is 2.53. The molecule has 2 heteroatoms. The molecule has 0 aliphatic carbocycles. The predicted octanol–water partition coefficient (Wildman–Crippen LogP) is 13.2. The van der Waals surface area contributed by atoms with E-state index >= 15 is 0 Å². The summed E-state index contributed by atoms with van der Waals surface area (Å²) in [5.41, 5.74) is 9.69. The monoisotopic (exact) mass is 702 g/mol. The van der Waals surface area contributed by atoms with Crippen LogP contribution in [0.2, 0.25) is 0 Å². The zero-order valence-electron chi connectivity index (χ0n) is 31.7. The molecule has 0 fully saturated rings. The van der Waals surface area contributed by atoms with Crippen LogP contribution < -0.4 is 10.1 Å². The highest BCUT2D eigenvalue weighted by atomic mass is 15.2. The van der Waals surface area contributed by atoms with Crippen LogP contribution in [-0.4, -0.2) is 17.2 Å². The quantitative estimate of drug-likeness (QED) is 0.0763. The molecule has 6 aromatic carbocycles. The van der Waals surface area contributed by atoms with Crippen molar-refractivity contribution >= 4 is 50.3 Å². The molecule has 2 nitrogen and oxygen atoms in total. The molecule has 0 aliphatic rings. The van der Waals surface area contributed by atoms with Crippen LogP contribution in [0.1, 0.15) is 49.9 Å². The molecule has 1 unspecified atom stereocenters. The first-order chi connectivity index (χ1) is 26.6. The summed E-state index contributed by atoms with van der Waals surface area (Å²) in [5, 5.41) is 7.49. The van der Waals surface area contributed by atoms with E-state index in [0.29, 0.717) is 6.04 Å². The summed E-state index contributed by atoms with van der Waals surface area (Å²) >= 11 is 0. The molecule has 0 amide bonds. The number of nitrogens with zero attached hydrogens (tertiary/aromatic N) is 2. The van der Waals surface area contributed by atoms with E-state index in [9.17, 15) is 0 Å². The van der Waals surface area contributed by atoms with Crippen LogP contribution in [0.3, 0.4) is 0 Å². The fraction of sp³-hybridized carbons (Fsp3) is 0.154. The van der Waals surface area contributed by atoms with Crippen molar-refractivity contribution in [2.75, 3.05) is 11.4 Å². The van der Waals surface area contributed by atoms with Gasteiger partial charge in [0.15, 0.2) is 0 Å². The van der Waals surface area contributed by atoms with Crippen LogP contribution in [0.25, 0.3) is 61.4 Å². The third-order valence-electron chi connectivity index (χ3n) is 10.7. The number of anilines is 1. The molecule has 0 saturated carbocycles.